The molecule has 0 spiro atoms. The van der Waals surface area contributed by atoms with Gasteiger partial charge in [-0.15, -0.1) is 0 Å². The fourth-order valence-electron chi connectivity index (χ4n) is 15.4. The van der Waals surface area contributed by atoms with Crippen molar-refractivity contribution in [1.29, 1.82) is 0 Å². The van der Waals surface area contributed by atoms with Crippen LogP contribution in [0.15, 0.2) is 112 Å². The van der Waals surface area contributed by atoms with E-state index in [0.717, 1.165) is 149 Å². The molecule has 1 atom stereocenters. The fourth-order valence-corrected chi connectivity index (χ4v) is 20.9. The summed E-state index contributed by atoms with van der Waals surface area (Å²) in [6, 6.07) is 32.6. The molecular formula is C70H98N6O6S3. The van der Waals surface area contributed by atoms with Crippen molar-refractivity contribution < 1.29 is 25.3 Å². The Labute approximate surface area is 511 Å². The summed E-state index contributed by atoms with van der Waals surface area (Å²) in [5, 5.41) is 1.54. The molecule has 0 aromatic heterocycles. The summed E-state index contributed by atoms with van der Waals surface area (Å²) in [5.74, 6) is 2.65. The molecule has 0 aliphatic carbocycles. The van der Waals surface area contributed by atoms with E-state index in [1.807, 2.05) is 72.8 Å². The van der Waals surface area contributed by atoms with Crippen molar-refractivity contribution in [2.45, 2.75) is 189 Å². The van der Waals surface area contributed by atoms with E-state index in [9.17, 15) is 25.3 Å². The topological polar surface area (TPSA) is 122 Å². The van der Waals surface area contributed by atoms with Gasteiger partial charge in [-0.3, -0.25) is 0 Å². The van der Waals surface area contributed by atoms with Crippen LogP contribution in [0, 0.1) is 17.8 Å². The third kappa shape index (κ3) is 13.6. The summed E-state index contributed by atoms with van der Waals surface area (Å²) in [7, 11) is -11.2. The molecule has 15 heteroatoms. The van der Waals surface area contributed by atoms with Gasteiger partial charge in [0, 0.05) is 68.3 Å². The van der Waals surface area contributed by atoms with E-state index < -0.39 is 30.1 Å². The van der Waals surface area contributed by atoms with E-state index in [-0.39, 0.29) is 11.8 Å². The van der Waals surface area contributed by atoms with Gasteiger partial charge in [0.1, 0.15) is 0 Å². The molecule has 6 saturated heterocycles. The van der Waals surface area contributed by atoms with Gasteiger partial charge in [0.05, 0.1) is 14.7 Å². The zero-order valence-corrected chi connectivity index (χ0v) is 54.6. The van der Waals surface area contributed by atoms with E-state index >= 15 is 0 Å². The molecule has 0 radical (unpaired) electrons. The molecule has 6 fully saturated rings. The van der Waals surface area contributed by atoms with Gasteiger partial charge in [-0.1, -0.05) is 121 Å². The van der Waals surface area contributed by atoms with Crippen molar-refractivity contribution in [3.8, 4) is 22.3 Å². The molecule has 1 unspecified atom stereocenters. The minimum atomic E-state index is -3.82. The van der Waals surface area contributed by atoms with E-state index in [2.05, 4.69) is 75.3 Å². The first-order valence-electron chi connectivity index (χ1n) is 32.9. The highest BCUT2D eigenvalue weighted by Crippen LogP contribution is 2.41. The third-order valence-corrected chi connectivity index (χ3v) is 27.1. The Morgan fingerprint density at radius 1 is 0.424 bits per heavy atom. The number of hydrogen-bond acceptors (Lipinski definition) is 9. The maximum atomic E-state index is 14.7. The van der Waals surface area contributed by atoms with Crippen molar-refractivity contribution in [2.24, 2.45) is 17.8 Å². The predicted molar refractivity (Wildman–Crippen MR) is 347 cm³/mol. The second-order valence-corrected chi connectivity index (χ2v) is 33.1. The highest BCUT2D eigenvalue weighted by Gasteiger charge is 2.39. The summed E-state index contributed by atoms with van der Waals surface area (Å²) >= 11 is 0. The van der Waals surface area contributed by atoms with Gasteiger partial charge in [0.25, 0.3) is 0 Å². The lowest BCUT2D eigenvalue weighted by Crippen LogP contribution is -2.49. The molecular weight excluding hydrogens is 1120 g/mol. The van der Waals surface area contributed by atoms with Crippen molar-refractivity contribution >= 4 is 40.8 Å². The van der Waals surface area contributed by atoms with Gasteiger partial charge in [0.2, 0.25) is 30.1 Å². The molecule has 5 aromatic rings. The number of nitrogens with zero attached hydrogens (tertiary/aromatic N) is 6. The molecule has 0 bridgehead atoms. The van der Waals surface area contributed by atoms with Crippen LogP contribution in [-0.2, 0) is 30.1 Å². The van der Waals surface area contributed by atoms with E-state index in [4.69, 9.17) is 0 Å². The average Bonchev–Trinajstić information content (AvgIpc) is 2.82. The lowest BCUT2D eigenvalue weighted by molar-refractivity contribution is 0.0941. The molecule has 12 nitrogen and oxygen atoms in total. The quantitative estimate of drug-likeness (QED) is 0.0896. The summed E-state index contributed by atoms with van der Waals surface area (Å²) in [6.07, 6.45) is 14.5. The van der Waals surface area contributed by atoms with Crippen molar-refractivity contribution in [1.82, 2.24) is 27.6 Å². The number of fused-ring (bicyclic) bond motifs is 1. The number of benzene rings is 5. The molecule has 11 rings (SSSR count). The highest BCUT2D eigenvalue weighted by molar-refractivity contribution is 7.90. The number of likely N-dealkylation sites (tertiary alicyclic amines) is 3. The van der Waals surface area contributed by atoms with Crippen LogP contribution in [0.4, 0.5) is 0 Å². The Kier molecular flexibility index (Phi) is 19.6. The first kappa shape index (κ1) is 62.6. The van der Waals surface area contributed by atoms with Crippen LogP contribution >= 0.6 is 0 Å². The Balaban J connectivity index is 0.694. The van der Waals surface area contributed by atoms with E-state index in [1.165, 1.54) is 31.2 Å². The second-order valence-electron chi connectivity index (χ2n) is 27.4. The lowest BCUT2D eigenvalue weighted by atomic mass is 9.84. The highest BCUT2D eigenvalue weighted by atomic mass is 32.2. The van der Waals surface area contributed by atoms with Gasteiger partial charge in [0.15, 0.2) is 0 Å². The molecule has 462 valence electrons. The van der Waals surface area contributed by atoms with Crippen LogP contribution in [-0.4, -0.2) is 150 Å². The van der Waals surface area contributed by atoms with Crippen LogP contribution in [0.25, 0.3) is 33.0 Å². The smallest absolute Gasteiger partial charge is 0.243 e. The number of hydrogen-bond donors (Lipinski definition) is 0. The molecule has 0 amide bonds. The van der Waals surface area contributed by atoms with Gasteiger partial charge in [-0.05, 0) is 228 Å². The number of rotatable bonds is 17. The maximum Gasteiger partial charge on any atom is 0.243 e. The molecule has 85 heavy (non-hydrogen) atoms. The van der Waals surface area contributed by atoms with Crippen LogP contribution in [0.5, 0.6) is 0 Å². The molecule has 5 aromatic carbocycles. The Bertz CT molecular complexity index is 3420. The van der Waals surface area contributed by atoms with Crippen molar-refractivity contribution in [2.75, 3.05) is 78.5 Å². The molecule has 0 N–H and O–H groups in total. The monoisotopic (exact) mass is 1210 g/mol. The largest absolute Gasteiger partial charge is 0.300 e. The van der Waals surface area contributed by atoms with Crippen molar-refractivity contribution in [3.63, 3.8) is 0 Å². The van der Waals surface area contributed by atoms with Crippen LogP contribution in [0.2, 0.25) is 0 Å². The normalized spacial score (nSPS) is 22.1. The zero-order chi connectivity index (χ0) is 59.8. The molecule has 6 heterocycles. The van der Waals surface area contributed by atoms with Gasteiger partial charge in [-0.2, -0.15) is 12.9 Å². The minimum absolute atomic E-state index is 0.0835. The molecule has 6 aliphatic heterocycles. The predicted octanol–water partition coefficient (Wildman–Crippen LogP) is 13.6. The summed E-state index contributed by atoms with van der Waals surface area (Å²) in [6.45, 7) is 25.3. The maximum absolute atomic E-state index is 14.7. The minimum Gasteiger partial charge on any atom is -0.300 e. The first-order chi connectivity index (χ1) is 40.8. The number of sulfonamides is 3. The average molecular weight is 1220 g/mol. The van der Waals surface area contributed by atoms with Crippen LogP contribution in [0.1, 0.15) is 173 Å². The SMILES string of the molecule is CC1CCN(C2CCN(S(=O)(=O)c3ccccc3-c3cccc(-c4ccc5cccc(S(=O)(=O)N6CCC(N7CCC(CCC(C)c8cc(C(C)C)c(S(=O)(=O)N9CCC(N%10CCC(C)CC%10)CC9)c(C(C)C)c8)CC7)CC6)c5c4)c3)CC2)CC1. The Hall–Kier alpha value is -4.03. The lowest BCUT2D eigenvalue weighted by Gasteiger charge is -2.41. The van der Waals surface area contributed by atoms with E-state index in [0.29, 0.717) is 94.9 Å². The van der Waals surface area contributed by atoms with E-state index in [1.54, 1.807) is 25.0 Å². The summed E-state index contributed by atoms with van der Waals surface area (Å²) in [4.78, 5) is 9.02. The zero-order valence-electron chi connectivity index (χ0n) is 52.2. The third-order valence-electron chi connectivity index (χ3n) is 21.2. The van der Waals surface area contributed by atoms with Gasteiger partial charge >= 0.3 is 0 Å². The Morgan fingerprint density at radius 2 is 0.859 bits per heavy atom. The number of piperidine rings is 6. The van der Waals surface area contributed by atoms with Crippen LogP contribution < -0.4 is 0 Å². The summed E-state index contributed by atoms with van der Waals surface area (Å²) in [5.41, 5.74) is 6.42. The standard InChI is InChI=1S/C70H98N6O6S3/c1-50(2)65-48-60(49-66(51(3)4)70(65)85(81,82)76-44-32-62(33-45-76)72-36-24-53(6)25-37-72)54(7)18-19-55-26-38-73(39-27-55)63-30-42-75(43-31-63)84(79,80)69-17-11-12-56-20-21-58(47-67(56)69)57-13-10-14-59(46-57)64-15-8-9-16-68(64)83(77,78)74-40-28-61(29-41-74)71-34-22-52(5)23-35-71/h8-17,20-21,46-55,61-63H,18-19,22-45H2,1-7H3. The molecule has 6 aliphatic rings. The summed E-state index contributed by atoms with van der Waals surface area (Å²) < 4.78 is 92.9. The van der Waals surface area contributed by atoms with Crippen molar-refractivity contribution in [3.05, 3.63) is 114 Å². The van der Waals surface area contributed by atoms with Gasteiger partial charge < -0.3 is 14.7 Å². The molecule has 0 saturated carbocycles. The van der Waals surface area contributed by atoms with Crippen LogP contribution in [0.3, 0.4) is 0 Å². The first-order valence-corrected chi connectivity index (χ1v) is 37.2. The Morgan fingerprint density at radius 3 is 1.38 bits per heavy atom. The fraction of sp³-hybridized carbons (Fsp3) is 0.600. The second kappa shape index (κ2) is 26.6. The van der Waals surface area contributed by atoms with Gasteiger partial charge in [-0.25, -0.2) is 25.3 Å².